The van der Waals surface area contributed by atoms with Crippen LogP contribution >= 0.6 is 11.6 Å². The number of halogens is 1. The number of nitrogens with one attached hydrogen (secondary N) is 1. The Bertz CT molecular complexity index is 2200. The molecule has 1 saturated carbocycles. The molecule has 1 amide bonds. The largest absolute Gasteiger partial charge is 0.490 e. The van der Waals surface area contributed by atoms with Crippen molar-refractivity contribution in [2.75, 3.05) is 42.2 Å². The number of methoxy groups -OCH3 is 1. The van der Waals surface area contributed by atoms with Crippen molar-refractivity contribution in [1.82, 2.24) is 19.7 Å². The van der Waals surface area contributed by atoms with Gasteiger partial charge in [-0.2, -0.15) is 5.10 Å². The van der Waals surface area contributed by atoms with Gasteiger partial charge < -0.3 is 14.4 Å². The SMILES string of the molecule is CO[C@H]1/C=C/C[C@H](C)C[S@@](=O)(Nc2nc(C)nc3nn(C)cc23)=NC(=O)c2ccc3c(c2)N(C[C@@H]2CC[C@H]21)C[C@@]1(CCCc2cc(Cl)ccc21)CO3. The second kappa shape index (κ2) is 13.8. The highest BCUT2D eigenvalue weighted by Gasteiger charge is 2.44. The molecule has 8 rings (SSSR count). The second-order valence-corrected chi connectivity index (χ2v) is 17.7. The zero-order chi connectivity index (χ0) is 36.2. The van der Waals surface area contributed by atoms with Crippen molar-refractivity contribution >= 4 is 50.0 Å². The number of nitrogens with zero attached hydrogens (tertiary/aromatic N) is 6. The lowest BCUT2D eigenvalue weighted by Gasteiger charge is -2.46. The van der Waals surface area contributed by atoms with Crippen LogP contribution in [0.3, 0.4) is 0 Å². The zero-order valence-electron chi connectivity index (χ0n) is 30.2. The van der Waals surface area contributed by atoms with E-state index in [2.05, 4.69) is 53.3 Å². The van der Waals surface area contributed by atoms with Crippen LogP contribution in [0.25, 0.3) is 11.0 Å². The van der Waals surface area contributed by atoms with Crippen molar-refractivity contribution < 1.29 is 18.5 Å². The number of anilines is 2. The van der Waals surface area contributed by atoms with Gasteiger partial charge in [0.2, 0.25) is 0 Å². The van der Waals surface area contributed by atoms with Gasteiger partial charge in [0.25, 0.3) is 5.91 Å². The van der Waals surface area contributed by atoms with Gasteiger partial charge in [-0.1, -0.05) is 36.7 Å². The molecule has 6 atom stereocenters. The smallest absolute Gasteiger partial charge is 0.286 e. The normalized spacial score (nSPS) is 29.6. The quantitative estimate of drug-likeness (QED) is 0.221. The molecule has 0 radical (unpaired) electrons. The van der Waals surface area contributed by atoms with Crippen LogP contribution in [-0.2, 0) is 33.5 Å². The number of aryl methyl sites for hydroxylation is 3. The molecular weight excluding hydrogens is 698 g/mol. The molecule has 0 unspecified atom stereocenters. The highest BCUT2D eigenvalue weighted by atomic mass is 35.5. The third-order valence-corrected chi connectivity index (χ3v) is 13.6. The number of ether oxygens (including phenoxy) is 2. The van der Waals surface area contributed by atoms with E-state index >= 15 is 0 Å². The van der Waals surface area contributed by atoms with E-state index in [1.165, 1.54) is 11.1 Å². The standard InChI is InChI=1S/C39H46ClN7O4S/c1-24-7-5-9-34(50-4)30-13-10-28(30)19-47-22-39(16-6-8-26-17-29(40)12-14-32(26)39)23-51-35-15-11-27(18-33(35)47)38(48)45-52(49,21-24)44-37-31-20-46(3)43-36(31)41-25(2)42-37/h5,9,11-12,14-15,17-18,20,24,28,30,34H,6-8,10,13,16,19,21-23H2,1-4H3,(H,41,42,43,44,45,48,49)/b9-5+/t24-,28-,30+,34-,39-,52+/m0/s1. The number of hydrogen-bond donors (Lipinski definition) is 1. The summed E-state index contributed by atoms with van der Waals surface area (Å²) in [6, 6.07) is 11.8. The minimum absolute atomic E-state index is 0.0315. The Morgan fingerprint density at radius 2 is 2.02 bits per heavy atom. The maximum Gasteiger partial charge on any atom is 0.286 e. The summed E-state index contributed by atoms with van der Waals surface area (Å²) in [6.07, 6.45) is 11.9. The van der Waals surface area contributed by atoms with E-state index in [-0.39, 0.29) is 23.2 Å². The third-order valence-electron chi connectivity index (χ3n) is 11.4. The van der Waals surface area contributed by atoms with E-state index in [4.69, 9.17) is 21.1 Å². The lowest BCUT2D eigenvalue weighted by Crippen LogP contribution is -2.49. The van der Waals surface area contributed by atoms with Crippen LogP contribution in [0.5, 0.6) is 5.75 Å². The van der Waals surface area contributed by atoms with Gasteiger partial charge in [0.15, 0.2) is 11.5 Å². The Morgan fingerprint density at radius 3 is 2.83 bits per heavy atom. The monoisotopic (exact) mass is 743 g/mol. The number of amides is 1. The Balaban J connectivity index is 1.23. The number of rotatable bonds is 3. The predicted molar refractivity (Wildman–Crippen MR) is 205 cm³/mol. The van der Waals surface area contributed by atoms with Crippen molar-refractivity contribution in [3.63, 3.8) is 0 Å². The fourth-order valence-electron chi connectivity index (χ4n) is 8.72. The summed E-state index contributed by atoms with van der Waals surface area (Å²) >= 11 is 6.48. The molecule has 4 aliphatic rings. The predicted octanol–water partition coefficient (Wildman–Crippen LogP) is 7.07. The van der Waals surface area contributed by atoms with Gasteiger partial charge in [-0.15, -0.1) is 4.36 Å². The lowest BCUT2D eigenvalue weighted by molar-refractivity contribution is 0.0131. The summed E-state index contributed by atoms with van der Waals surface area (Å²) < 4.78 is 36.9. The van der Waals surface area contributed by atoms with Crippen LogP contribution in [0.1, 0.15) is 66.3 Å². The molecule has 2 aromatic carbocycles. The molecule has 11 nitrogen and oxygen atoms in total. The number of carbonyl (C=O) groups excluding carboxylic acids is 1. The minimum Gasteiger partial charge on any atom is -0.490 e. The first-order chi connectivity index (χ1) is 25.0. The van der Waals surface area contributed by atoms with E-state index in [0.717, 1.165) is 61.7 Å². The summed E-state index contributed by atoms with van der Waals surface area (Å²) in [4.78, 5) is 25.6. The van der Waals surface area contributed by atoms with Gasteiger partial charge >= 0.3 is 0 Å². The zero-order valence-corrected chi connectivity index (χ0v) is 31.8. The van der Waals surface area contributed by atoms with Crippen molar-refractivity contribution in [2.24, 2.45) is 29.2 Å². The Morgan fingerprint density at radius 1 is 1.15 bits per heavy atom. The van der Waals surface area contributed by atoms with Gasteiger partial charge in [0.1, 0.15) is 21.5 Å². The van der Waals surface area contributed by atoms with Crippen LogP contribution in [0.15, 0.2) is 59.1 Å². The first-order valence-electron chi connectivity index (χ1n) is 18.3. The molecule has 1 N–H and O–H groups in total. The molecule has 2 bridgehead atoms. The van der Waals surface area contributed by atoms with Gasteiger partial charge in [-0.05, 0) is 105 Å². The second-order valence-electron chi connectivity index (χ2n) is 15.2. The summed E-state index contributed by atoms with van der Waals surface area (Å²) in [5.41, 5.74) is 4.02. The van der Waals surface area contributed by atoms with Gasteiger partial charge in [0, 0.05) is 49.4 Å². The van der Waals surface area contributed by atoms with Crippen LogP contribution in [0.4, 0.5) is 11.5 Å². The maximum atomic E-state index is 14.9. The van der Waals surface area contributed by atoms with Crippen LogP contribution < -0.4 is 14.4 Å². The van der Waals surface area contributed by atoms with Gasteiger partial charge in [0.05, 0.1) is 29.5 Å². The number of fused-ring (bicyclic) bond motifs is 5. The Labute approximate surface area is 310 Å². The highest BCUT2D eigenvalue weighted by Crippen LogP contribution is 2.47. The van der Waals surface area contributed by atoms with Crippen LogP contribution in [0.2, 0.25) is 5.02 Å². The molecular formula is C39H46ClN7O4S. The molecule has 0 saturated heterocycles. The van der Waals surface area contributed by atoms with E-state index in [1.54, 1.807) is 38.0 Å². The van der Waals surface area contributed by atoms with E-state index < -0.39 is 15.8 Å². The maximum absolute atomic E-state index is 14.9. The first kappa shape index (κ1) is 35.1. The molecule has 1 fully saturated rings. The Hall–Kier alpha value is -4.00. The molecule has 4 aromatic rings. The summed E-state index contributed by atoms with van der Waals surface area (Å²) in [6.45, 7) is 5.85. The van der Waals surface area contributed by atoms with E-state index in [0.29, 0.717) is 53.1 Å². The average molecular weight is 744 g/mol. The molecule has 274 valence electrons. The van der Waals surface area contributed by atoms with Crippen LogP contribution in [-0.4, -0.2) is 68.5 Å². The van der Waals surface area contributed by atoms with Gasteiger partial charge in [-0.3, -0.25) is 14.2 Å². The van der Waals surface area contributed by atoms with Crippen molar-refractivity contribution in [2.45, 2.75) is 63.9 Å². The fraction of sp³-hybridized carbons (Fsp3) is 0.487. The molecule has 2 aromatic heterocycles. The molecule has 1 spiro atoms. The number of aromatic nitrogens is 4. The molecule has 13 heteroatoms. The fourth-order valence-corrected chi connectivity index (χ4v) is 10.9. The van der Waals surface area contributed by atoms with Gasteiger partial charge in [-0.25, -0.2) is 14.2 Å². The summed E-state index contributed by atoms with van der Waals surface area (Å²) in [5, 5.41) is 5.78. The third kappa shape index (κ3) is 6.69. The van der Waals surface area contributed by atoms with Crippen molar-refractivity contribution in [3.05, 3.63) is 82.3 Å². The Kier molecular flexibility index (Phi) is 9.28. The minimum atomic E-state index is -3.37. The molecule has 2 aliphatic heterocycles. The molecule has 4 heterocycles. The number of benzene rings is 2. The summed E-state index contributed by atoms with van der Waals surface area (Å²) in [7, 11) is 0.216. The summed E-state index contributed by atoms with van der Waals surface area (Å²) in [5.74, 6) is 1.82. The number of allylic oxidation sites excluding steroid dienone is 1. The van der Waals surface area contributed by atoms with Crippen molar-refractivity contribution in [3.8, 4) is 5.75 Å². The molecule has 52 heavy (non-hydrogen) atoms. The highest BCUT2D eigenvalue weighted by molar-refractivity contribution is 7.95. The van der Waals surface area contributed by atoms with Crippen molar-refractivity contribution in [1.29, 1.82) is 0 Å². The van der Waals surface area contributed by atoms with Crippen LogP contribution in [0, 0.1) is 24.7 Å². The lowest BCUT2D eigenvalue weighted by atomic mass is 9.68. The van der Waals surface area contributed by atoms with E-state index in [1.807, 2.05) is 25.1 Å². The van der Waals surface area contributed by atoms with E-state index in [9.17, 15) is 9.00 Å². The first-order valence-corrected chi connectivity index (χ1v) is 20.3. The topological polar surface area (TPSA) is 124 Å². The average Bonchev–Trinajstić information content (AvgIpc) is 3.39. The number of hydrogen-bond acceptors (Lipinski definition) is 8. The molecule has 2 aliphatic carbocycles. The number of carbonyl (C=O) groups is 1.